The van der Waals surface area contributed by atoms with Crippen LogP contribution >= 0.6 is 0 Å². The van der Waals surface area contributed by atoms with E-state index in [1.807, 2.05) is 21.1 Å². The fourth-order valence-corrected chi connectivity index (χ4v) is 11.6. The molecule has 9 nitrogen and oxygen atoms in total. The molecule has 0 fully saturated rings. The molecule has 9 heteroatoms. The lowest BCUT2D eigenvalue weighted by Crippen LogP contribution is -2.44. The molecule has 0 N–H and O–H groups in total. The van der Waals surface area contributed by atoms with Crippen LogP contribution in [0.2, 0.25) is 0 Å². The summed E-state index contributed by atoms with van der Waals surface area (Å²) in [7, 11) is 5.95. The van der Waals surface area contributed by atoms with E-state index in [2.05, 4.69) is 38.2 Å². The molecule has 0 saturated carbocycles. The SMILES string of the molecule is CCCCCCC/C=C\C/C=C\CCCCCCCCCCCCCCCCCCCCCCCCCC(=O)OC(COC(=O)CCCCCCCCCCCCCCCCCCCCCCCCCCCC)COC(OCC[N+](C)(C)C)C(=O)[O-]. The first-order valence-corrected chi connectivity index (χ1v) is 38.0. The zero-order valence-corrected chi connectivity index (χ0v) is 58.2. The lowest BCUT2D eigenvalue weighted by atomic mass is 10.0. The maximum Gasteiger partial charge on any atom is 0.306 e. The molecule has 0 radical (unpaired) electrons. The van der Waals surface area contributed by atoms with Gasteiger partial charge in [0.1, 0.15) is 13.2 Å². The quantitative estimate of drug-likeness (QED) is 0.0195. The summed E-state index contributed by atoms with van der Waals surface area (Å²) < 4.78 is 22.9. The number of unbranched alkanes of at least 4 members (excludes halogenated alkanes) is 53. The number of allylic oxidation sites excluding steroid dienone is 4. The Bertz CT molecular complexity index is 1460. The highest BCUT2D eigenvalue weighted by Gasteiger charge is 2.22. The van der Waals surface area contributed by atoms with Crippen molar-refractivity contribution in [2.24, 2.45) is 0 Å². The number of esters is 2. The molecule has 0 aliphatic rings. The average molecular weight is 1220 g/mol. The number of hydrogen-bond acceptors (Lipinski definition) is 8. The van der Waals surface area contributed by atoms with Crippen molar-refractivity contribution < 1.29 is 42.9 Å². The molecule has 508 valence electrons. The molecule has 0 saturated heterocycles. The fourth-order valence-electron chi connectivity index (χ4n) is 11.6. The molecule has 2 atom stereocenters. The number of rotatable bonds is 72. The largest absolute Gasteiger partial charge is 0.545 e. The molecule has 0 aliphatic carbocycles. The van der Waals surface area contributed by atoms with Gasteiger partial charge in [0.05, 0.1) is 40.3 Å². The number of hydrogen-bond donors (Lipinski definition) is 0. The molecule has 0 bridgehead atoms. The summed E-state index contributed by atoms with van der Waals surface area (Å²) in [6.45, 7) is 4.82. The standard InChI is InChI=1S/C77H147NO8/c1-6-8-10-12-14-16-18-20-22-24-26-28-30-32-34-35-36-37-38-39-40-41-42-44-46-48-50-52-54-56-58-60-62-64-66-68-75(80)86-73(72-85-77(76(81)82)83-70-69-78(3,4)5)71-84-74(79)67-65-63-61-59-57-55-53-51-49-47-45-43-33-31-29-27-25-23-21-19-17-15-13-11-9-7-2/h18,20,24,26,73,77H,6-17,19,21-23,25,27-72H2,1-5H3/b20-18-,26-24-. The highest BCUT2D eigenvalue weighted by atomic mass is 16.7. The molecule has 0 heterocycles. The first-order valence-electron chi connectivity index (χ1n) is 38.0. The number of carboxylic acids is 1. The minimum absolute atomic E-state index is 0.152. The average Bonchev–Trinajstić information content (AvgIpc) is 3.64. The summed E-state index contributed by atoms with van der Waals surface area (Å²) in [5.74, 6) is -2.25. The van der Waals surface area contributed by atoms with E-state index in [1.165, 1.54) is 321 Å². The highest BCUT2D eigenvalue weighted by molar-refractivity contribution is 5.70. The summed E-state index contributed by atoms with van der Waals surface area (Å²) in [4.78, 5) is 37.5. The van der Waals surface area contributed by atoms with Crippen LogP contribution in [0.15, 0.2) is 24.3 Å². The molecule has 0 aliphatic heterocycles. The summed E-state index contributed by atoms with van der Waals surface area (Å²) in [6, 6.07) is 0. The van der Waals surface area contributed by atoms with Gasteiger partial charge in [-0.05, 0) is 44.9 Å². The third-order valence-electron chi connectivity index (χ3n) is 17.5. The fraction of sp³-hybridized carbons (Fsp3) is 0.909. The van der Waals surface area contributed by atoms with Gasteiger partial charge in [-0.1, -0.05) is 359 Å². The van der Waals surface area contributed by atoms with E-state index in [4.69, 9.17) is 18.9 Å². The minimum atomic E-state index is -1.62. The third-order valence-corrected chi connectivity index (χ3v) is 17.5. The van der Waals surface area contributed by atoms with Crippen LogP contribution in [0.5, 0.6) is 0 Å². The van der Waals surface area contributed by atoms with Gasteiger partial charge in [-0.2, -0.15) is 0 Å². The maximum atomic E-state index is 13.0. The van der Waals surface area contributed by atoms with Crippen LogP contribution in [0.25, 0.3) is 0 Å². The van der Waals surface area contributed by atoms with Crippen LogP contribution in [0.1, 0.15) is 393 Å². The second kappa shape index (κ2) is 68.7. The van der Waals surface area contributed by atoms with Gasteiger partial charge in [0, 0.05) is 12.8 Å². The van der Waals surface area contributed by atoms with Gasteiger partial charge in [-0.25, -0.2) is 0 Å². The smallest absolute Gasteiger partial charge is 0.306 e. The van der Waals surface area contributed by atoms with Crippen LogP contribution in [0, 0.1) is 0 Å². The Kier molecular flexibility index (Phi) is 66.9. The van der Waals surface area contributed by atoms with Gasteiger partial charge in [0.15, 0.2) is 12.4 Å². The molecule has 0 spiro atoms. The predicted octanol–water partition coefficient (Wildman–Crippen LogP) is 22.4. The van der Waals surface area contributed by atoms with Crippen molar-refractivity contribution in [2.45, 2.75) is 405 Å². The van der Waals surface area contributed by atoms with Crippen LogP contribution < -0.4 is 5.11 Å². The Morgan fingerprint density at radius 3 is 0.919 bits per heavy atom. The maximum absolute atomic E-state index is 13.0. The number of aliphatic carboxylic acids is 1. The van der Waals surface area contributed by atoms with Gasteiger partial charge in [0.25, 0.3) is 0 Å². The third kappa shape index (κ3) is 69.2. The van der Waals surface area contributed by atoms with E-state index in [0.717, 1.165) is 44.9 Å². The van der Waals surface area contributed by atoms with E-state index < -0.39 is 24.3 Å². The molecular formula is C77H147NO8. The van der Waals surface area contributed by atoms with Crippen molar-refractivity contribution in [3.63, 3.8) is 0 Å². The van der Waals surface area contributed by atoms with Gasteiger partial charge < -0.3 is 33.3 Å². The number of likely N-dealkylation sites (N-methyl/N-ethyl adjacent to an activating group) is 1. The molecule has 0 rings (SSSR count). The monoisotopic (exact) mass is 1210 g/mol. The van der Waals surface area contributed by atoms with E-state index in [0.29, 0.717) is 17.4 Å². The lowest BCUT2D eigenvalue weighted by Gasteiger charge is -2.26. The lowest BCUT2D eigenvalue weighted by molar-refractivity contribution is -0.870. The minimum Gasteiger partial charge on any atom is -0.545 e. The van der Waals surface area contributed by atoms with E-state index in [9.17, 15) is 19.5 Å². The summed E-state index contributed by atoms with van der Waals surface area (Å²) in [6.07, 6.45) is 82.9. The summed E-state index contributed by atoms with van der Waals surface area (Å²) in [5, 5.41) is 11.8. The van der Waals surface area contributed by atoms with Crippen molar-refractivity contribution >= 4 is 17.9 Å². The van der Waals surface area contributed by atoms with Crippen LogP contribution in [0.4, 0.5) is 0 Å². The van der Waals surface area contributed by atoms with Gasteiger partial charge in [0.2, 0.25) is 0 Å². The van der Waals surface area contributed by atoms with Gasteiger partial charge >= 0.3 is 11.9 Å². The molecule has 0 amide bonds. The highest BCUT2D eigenvalue weighted by Crippen LogP contribution is 2.20. The first-order chi connectivity index (χ1) is 42.1. The van der Waals surface area contributed by atoms with Crippen LogP contribution in [-0.4, -0.2) is 82.3 Å². The van der Waals surface area contributed by atoms with Gasteiger partial charge in [-0.15, -0.1) is 0 Å². The Labute approximate surface area is 535 Å². The van der Waals surface area contributed by atoms with E-state index in [-0.39, 0.29) is 32.2 Å². The van der Waals surface area contributed by atoms with E-state index in [1.54, 1.807) is 0 Å². The zero-order chi connectivity index (χ0) is 62.6. The number of quaternary nitrogens is 1. The van der Waals surface area contributed by atoms with Crippen molar-refractivity contribution in [1.29, 1.82) is 0 Å². The second-order valence-corrected chi connectivity index (χ2v) is 27.3. The van der Waals surface area contributed by atoms with Crippen molar-refractivity contribution in [3.8, 4) is 0 Å². The first kappa shape index (κ1) is 83.8. The predicted molar refractivity (Wildman–Crippen MR) is 366 cm³/mol. The molecular weight excluding hydrogens is 1070 g/mol. The summed E-state index contributed by atoms with van der Waals surface area (Å²) in [5.41, 5.74) is 0. The number of carbonyl (C=O) groups is 3. The zero-order valence-electron chi connectivity index (χ0n) is 58.2. The number of ether oxygens (including phenoxy) is 4. The van der Waals surface area contributed by atoms with Crippen LogP contribution in [-0.2, 0) is 33.3 Å². The Balaban J connectivity index is 3.99. The Morgan fingerprint density at radius 2 is 0.628 bits per heavy atom. The molecule has 0 aromatic rings. The molecule has 86 heavy (non-hydrogen) atoms. The number of nitrogens with zero attached hydrogens (tertiary/aromatic N) is 1. The molecule has 0 aromatic carbocycles. The topological polar surface area (TPSA) is 111 Å². The van der Waals surface area contributed by atoms with Crippen molar-refractivity contribution in [2.75, 3.05) is 47.5 Å². The van der Waals surface area contributed by atoms with Crippen molar-refractivity contribution in [3.05, 3.63) is 24.3 Å². The molecule has 0 aromatic heterocycles. The van der Waals surface area contributed by atoms with Gasteiger partial charge in [-0.3, -0.25) is 9.59 Å². The molecule has 2 unspecified atom stereocenters. The van der Waals surface area contributed by atoms with E-state index >= 15 is 0 Å². The normalized spacial score (nSPS) is 12.7. The Hall–Kier alpha value is -2.23. The number of carbonyl (C=O) groups excluding carboxylic acids is 3. The Morgan fingerprint density at radius 1 is 0.349 bits per heavy atom. The van der Waals surface area contributed by atoms with Crippen LogP contribution in [0.3, 0.4) is 0 Å². The van der Waals surface area contributed by atoms with Crippen molar-refractivity contribution in [1.82, 2.24) is 0 Å². The second-order valence-electron chi connectivity index (χ2n) is 27.3. The number of carboxylic acid groups (broad SMARTS) is 1. The summed E-state index contributed by atoms with van der Waals surface area (Å²) >= 11 is 0.